The minimum atomic E-state index is -1.92. The first-order chi connectivity index (χ1) is 19.4. The molecule has 0 bridgehead atoms. The summed E-state index contributed by atoms with van der Waals surface area (Å²) in [6.45, 7) is 19.1. The molecule has 8 nitrogen and oxygen atoms in total. The molecule has 10 heteroatoms. The van der Waals surface area contributed by atoms with Crippen molar-refractivity contribution in [2.24, 2.45) is 0 Å². The Morgan fingerprint density at radius 2 is 1.60 bits per heavy atom. The highest BCUT2D eigenvalue weighted by Crippen LogP contribution is 2.37. The molecule has 0 saturated carbocycles. The van der Waals surface area contributed by atoms with E-state index in [4.69, 9.17) is 35.0 Å². The normalized spacial score (nSPS) is 12.8. The zero-order valence-electron chi connectivity index (χ0n) is 26.8. The zero-order chi connectivity index (χ0) is 31.7. The van der Waals surface area contributed by atoms with E-state index in [0.29, 0.717) is 59.8 Å². The molecule has 1 N–H and O–H groups in total. The van der Waals surface area contributed by atoms with Gasteiger partial charge in [0.2, 0.25) is 0 Å². The van der Waals surface area contributed by atoms with E-state index in [0.717, 1.165) is 0 Å². The zero-order valence-corrected chi connectivity index (χ0v) is 28.6. The van der Waals surface area contributed by atoms with E-state index in [-0.39, 0.29) is 23.2 Å². The highest BCUT2D eigenvalue weighted by atomic mass is 35.5. The molecule has 0 heterocycles. The number of ether oxygens (including phenoxy) is 4. The Hall–Kier alpha value is -2.75. The van der Waals surface area contributed by atoms with Crippen molar-refractivity contribution in [2.75, 3.05) is 32.2 Å². The third-order valence-corrected chi connectivity index (χ3v) is 11.7. The van der Waals surface area contributed by atoms with Gasteiger partial charge in [-0.05, 0) is 64.4 Å². The molecule has 2 aromatic carbocycles. The molecule has 0 aliphatic rings. The second-order valence-electron chi connectivity index (χ2n) is 12.8. The number of methoxy groups -OCH3 is 1. The number of rotatable bonds is 15. The quantitative estimate of drug-likeness (QED) is 0.121. The van der Waals surface area contributed by atoms with Crippen LogP contribution in [0.25, 0.3) is 0 Å². The van der Waals surface area contributed by atoms with Crippen molar-refractivity contribution in [1.29, 1.82) is 0 Å². The van der Waals surface area contributed by atoms with Crippen LogP contribution in [-0.4, -0.2) is 52.6 Å². The number of hydrogen-bond donors (Lipinski definition) is 1. The Bertz CT molecular complexity index is 1200. The van der Waals surface area contributed by atoms with Gasteiger partial charge >= 0.3 is 5.97 Å². The fourth-order valence-electron chi connectivity index (χ4n) is 3.76. The van der Waals surface area contributed by atoms with E-state index >= 15 is 0 Å². The first-order valence-electron chi connectivity index (χ1n) is 14.3. The fourth-order valence-corrected chi connectivity index (χ4v) is 4.95. The van der Waals surface area contributed by atoms with Gasteiger partial charge in [0, 0.05) is 40.9 Å². The fraction of sp³-hybridized carbons (Fsp3) is 0.562. The van der Waals surface area contributed by atoms with Crippen LogP contribution >= 0.6 is 11.6 Å². The average Bonchev–Trinajstić information content (AvgIpc) is 2.86. The van der Waals surface area contributed by atoms with Gasteiger partial charge in [-0.25, -0.2) is 0 Å². The van der Waals surface area contributed by atoms with Crippen LogP contribution in [-0.2, 0) is 18.8 Å². The largest absolute Gasteiger partial charge is 0.497 e. The molecule has 2 aromatic rings. The van der Waals surface area contributed by atoms with Gasteiger partial charge in [-0.15, -0.1) is 0 Å². The second kappa shape index (κ2) is 15.1. The number of carbonyl (C=O) groups is 2. The number of anilines is 1. The summed E-state index contributed by atoms with van der Waals surface area (Å²) in [5.74, 6) is 1.23. The van der Waals surface area contributed by atoms with E-state index in [1.807, 2.05) is 20.8 Å². The maximum atomic E-state index is 12.9. The van der Waals surface area contributed by atoms with Crippen LogP contribution in [0.5, 0.6) is 17.2 Å². The predicted octanol–water partition coefficient (Wildman–Crippen LogP) is 7.99. The lowest BCUT2D eigenvalue weighted by atomic mass is 10.0. The van der Waals surface area contributed by atoms with Crippen molar-refractivity contribution in [3.63, 3.8) is 0 Å². The molecule has 0 aliphatic heterocycles. The summed E-state index contributed by atoms with van der Waals surface area (Å²) >= 11 is 6.31. The summed E-state index contributed by atoms with van der Waals surface area (Å²) in [6.07, 6.45) is 0.745. The Morgan fingerprint density at radius 1 is 0.929 bits per heavy atom. The van der Waals surface area contributed by atoms with Crippen molar-refractivity contribution in [3.05, 3.63) is 47.0 Å². The topological polar surface area (TPSA) is 92.3 Å². The second-order valence-corrected chi connectivity index (χ2v) is 18.0. The van der Waals surface area contributed by atoms with Crippen LogP contribution in [0.15, 0.2) is 36.4 Å². The van der Waals surface area contributed by atoms with Gasteiger partial charge in [0.25, 0.3) is 0 Å². The van der Waals surface area contributed by atoms with Gasteiger partial charge in [0.05, 0.1) is 20.3 Å². The van der Waals surface area contributed by atoms with Crippen LogP contribution < -0.4 is 19.5 Å². The molecule has 0 amide bonds. The van der Waals surface area contributed by atoms with E-state index < -0.39 is 20.0 Å². The lowest BCUT2D eigenvalue weighted by molar-refractivity contribution is -0.155. The molecule has 0 saturated heterocycles. The SMILES string of the molecule is COc1cc(NC(C(C)=O)c2ccc(Cl)cc2OCCO[Si](C)(C)C(C)(C)C)cc(OCCCC(=O)OC(C)(C)C)c1. The number of hydrogen-bond acceptors (Lipinski definition) is 8. The Morgan fingerprint density at radius 3 is 2.19 bits per heavy atom. The van der Waals surface area contributed by atoms with Crippen LogP contribution in [0.2, 0.25) is 23.2 Å². The molecule has 0 aliphatic carbocycles. The number of esters is 1. The molecule has 234 valence electrons. The standard InChI is InChI=1S/C32H48ClNO7Si/c1-22(35)30(27-14-13-23(33)18-28(27)39-16-17-40-42(9,10)32(5,6)7)34-24-19-25(37-8)21-26(20-24)38-15-11-12-29(36)41-31(2,3)4/h13-14,18-21,30,34H,11-12,15-17H2,1-10H3. The summed E-state index contributed by atoms with van der Waals surface area (Å²) in [6, 6.07) is 9.85. The van der Waals surface area contributed by atoms with Gasteiger partial charge in [-0.1, -0.05) is 38.4 Å². The minimum Gasteiger partial charge on any atom is -0.497 e. The van der Waals surface area contributed by atoms with Gasteiger partial charge < -0.3 is 28.7 Å². The summed E-state index contributed by atoms with van der Waals surface area (Å²) in [5, 5.41) is 3.90. The Labute approximate surface area is 257 Å². The van der Waals surface area contributed by atoms with E-state index in [2.05, 4.69) is 39.2 Å². The molecule has 42 heavy (non-hydrogen) atoms. The highest BCUT2D eigenvalue weighted by molar-refractivity contribution is 6.74. The molecular weight excluding hydrogens is 574 g/mol. The monoisotopic (exact) mass is 621 g/mol. The smallest absolute Gasteiger partial charge is 0.306 e. The molecule has 1 atom stereocenters. The number of ketones is 1. The van der Waals surface area contributed by atoms with E-state index in [9.17, 15) is 9.59 Å². The maximum absolute atomic E-state index is 12.9. The molecule has 0 aromatic heterocycles. The molecule has 0 spiro atoms. The minimum absolute atomic E-state index is 0.0925. The van der Waals surface area contributed by atoms with Crippen molar-refractivity contribution in [3.8, 4) is 17.2 Å². The van der Waals surface area contributed by atoms with Crippen molar-refractivity contribution in [1.82, 2.24) is 0 Å². The summed E-state index contributed by atoms with van der Waals surface area (Å²) in [5.41, 5.74) is 0.757. The van der Waals surface area contributed by atoms with Gasteiger partial charge in [0.15, 0.2) is 14.1 Å². The predicted molar refractivity (Wildman–Crippen MR) is 171 cm³/mol. The van der Waals surface area contributed by atoms with Crippen molar-refractivity contribution in [2.45, 2.75) is 91.1 Å². The summed E-state index contributed by atoms with van der Waals surface area (Å²) in [7, 11) is -0.359. The first kappa shape index (κ1) is 35.4. The third-order valence-electron chi connectivity index (χ3n) is 6.94. The van der Waals surface area contributed by atoms with Crippen molar-refractivity contribution < 1.29 is 33.0 Å². The van der Waals surface area contributed by atoms with Gasteiger partial charge in [-0.3, -0.25) is 9.59 Å². The number of benzene rings is 2. The maximum Gasteiger partial charge on any atom is 0.306 e. The molecular formula is C32H48ClNO7Si. The lowest BCUT2D eigenvalue weighted by Gasteiger charge is -2.36. The molecule has 0 fully saturated rings. The number of halogens is 1. The number of carbonyl (C=O) groups excluding carboxylic acids is 2. The Kier molecular flexibility index (Phi) is 12.8. The van der Waals surface area contributed by atoms with Crippen LogP contribution in [0, 0.1) is 0 Å². The van der Waals surface area contributed by atoms with Gasteiger partial charge in [0.1, 0.15) is 35.5 Å². The summed E-state index contributed by atoms with van der Waals surface area (Å²) in [4.78, 5) is 24.9. The highest BCUT2D eigenvalue weighted by Gasteiger charge is 2.37. The number of nitrogens with one attached hydrogen (secondary N) is 1. The van der Waals surface area contributed by atoms with Crippen LogP contribution in [0.1, 0.15) is 72.9 Å². The van der Waals surface area contributed by atoms with E-state index in [1.165, 1.54) is 6.92 Å². The van der Waals surface area contributed by atoms with Crippen LogP contribution in [0.4, 0.5) is 5.69 Å². The van der Waals surface area contributed by atoms with Crippen molar-refractivity contribution >= 4 is 37.4 Å². The van der Waals surface area contributed by atoms with Crippen LogP contribution in [0.3, 0.4) is 0 Å². The van der Waals surface area contributed by atoms with E-state index in [1.54, 1.807) is 43.5 Å². The lowest BCUT2D eigenvalue weighted by Crippen LogP contribution is -2.41. The van der Waals surface area contributed by atoms with Gasteiger partial charge in [-0.2, -0.15) is 0 Å². The number of Topliss-reactive ketones (excluding diaryl/α,β-unsaturated/α-hetero) is 1. The Balaban J connectivity index is 2.16. The molecule has 0 radical (unpaired) electrons. The first-order valence-corrected chi connectivity index (χ1v) is 17.6. The average molecular weight is 622 g/mol. The molecule has 1 unspecified atom stereocenters. The summed E-state index contributed by atoms with van der Waals surface area (Å²) < 4.78 is 29.1. The molecule has 2 rings (SSSR count). The third kappa shape index (κ3) is 11.5.